The summed E-state index contributed by atoms with van der Waals surface area (Å²) in [6.45, 7) is 3.01. The van der Waals surface area contributed by atoms with Crippen molar-refractivity contribution >= 4 is 29.4 Å². The van der Waals surface area contributed by atoms with E-state index in [2.05, 4.69) is 5.32 Å². The van der Waals surface area contributed by atoms with Crippen molar-refractivity contribution < 1.29 is 14.3 Å². The lowest BCUT2D eigenvalue weighted by Crippen LogP contribution is -2.46. The quantitative estimate of drug-likeness (QED) is 0.849. The van der Waals surface area contributed by atoms with E-state index in [0.29, 0.717) is 13.1 Å². The highest BCUT2D eigenvalue weighted by molar-refractivity contribution is 8.00. The number of amides is 2. The fourth-order valence-corrected chi connectivity index (χ4v) is 3.08. The van der Waals surface area contributed by atoms with Gasteiger partial charge in [0.1, 0.15) is 5.25 Å². The lowest BCUT2D eigenvalue weighted by Gasteiger charge is -2.30. The van der Waals surface area contributed by atoms with E-state index >= 15 is 0 Å². The number of benzene rings is 1. The number of nitrogens with one attached hydrogen (secondary N) is 1. The minimum absolute atomic E-state index is 0.178. The van der Waals surface area contributed by atoms with E-state index in [0.717, 1.165) is 17.0 Å². The van der Waals surface area contributed by atoms with Crippen LogP contribution in [0.3, 0.4) is 0 Å². The van der Waals surface area contributed by atoms with Gasteiger partial charge >= 0.3 is 12.0 Å². The van der Waals surface area contributed by atoms with Crippen molar-refractivity contribution in [3.8, 4) is 0 Å². The first kappa shape index (κ1) is 14.7. The molecule has 1 aliphatic rings. The Hall–Kier alpha value is -1.69. The van der Waals surface area contributed by atoms with Crippen molar-refractivity contribution in [1.29, 1.82) is 0 Å². The number of rotatable bonds is 2. The predicted molar refractivity (Wildman–Crippen MR) is 80.0 cm³/mol. The van der Waals surface area contributed by atoms with Gasteiger partial charge in [-0.25, -0.2) is 4.79 Å². The molecule has 20 heavy (non-hydrogen) atoms. The Morgan fingerprint density at radius 1 is 1.35 bits per heavy atom. The molecule has 5 nitrogen and oxygen atoms in total. The van der Waals surface area contributed by atoms with Gasteiger partial charge in [-0.2, -0.15) is 0 Å². The smallest absolute Gasteiger partial charge is 0.321 e. The van der Waals surface area contributed by atoms with Gasteiger partial charge in [0.25, 0.3) is 0 Å². The molecule has 1 aliphatic heterocycles. The third-order valence-electron chi connectivity index (χ3n) is 3.12. The lowest BCUT2D eigenvalue weighted by atomic mass is 10.2. The Balaban J connectivity index is 1.95. The van der Waals surface area contributed by atoms with Gasteiger partial charge in [0.05, 0.1) is 7.11 Å². The molecular formula is C14H18N2O3S. The van der Waals surface area contributed by atoms with Gasteiger partial charge in [-0.1, -0.05) is 17.7 Å². The van der Waals surface area contributed by atoms with Crippen molar-refractivity contribution in [3.05, 3.63) is 29.8 Å². The van der Waals surface area contributed by atoms with E-state index < -0.39 is 0 Å². The molecule has 2 amide bonds. The second-order valence-electron chi connectivity index (χ2n) is 4.62. The molecule has 6 heteroatoms. The summed E-state index contributed by atoms with van der Waals surface area (Å²) >= 11 is 1.53. The van der Waals surface area contributed by atoms with Crippen LogP contribution in [0.4, 0.5) is 10.5 Å². The van der Waals surface area contributed by atoms with Gasteiger partial charge in [0, 0.05) is 24.5 Å². The molecular weight excluding hydrogens is 276 g/mol. The molecule has 0 radical (unpaired) electrons. The monoisotopic (exact) mass is 294 g/mol. The van der Waals surface area contributed by atoms with Crippen molar-refractivity contribution in [1.82, 2.24) is 4.90 Å². The molecule has 1 aromatic rings. The summed E-state index contributed by atoms with van der Waals surface area (Å²) in [6.07, 6.45) is 0. The highest BCUT2D eigenvalue weighted by Crippen LogP contribution is 2.20. The number of nitrogens with zero attached hydrogens (tertiary/aromatic N) is 1. The van der Waals surface area contributed by atoms with Crippen molar-refractivity contribution in [2.45, 2.75) is 12.2 Å². The summed E-state index contributed by atoms with van der Waals surface area (Å²) in [6, 6.07) is 7.44. The number of hydrogen-bond donors (Lipinski definition) is 1. The summed E-state index contributed by atoms with van der Waals surface area (Å²) in [7, 11) is 1.37. The molecule has 0 bridgehead atoms. The molecule has 1 heterocycles. The van der Waals surface area contributed by atoms with Crippen LogP contribution in [-0.4, -0.2) is 48.1 Å². The maximum atomic E-state index is 12.2. The summed E-state index contributed by atoms with van der Waals surface area (Å²) in [5, 5.41) is 2.55. The number of esters is 1. The van der Waals surface area contributed by atoms with Crippen molar-refractivity contribution in [3.63, 3.8) is 0 Å². The maximum absolute atomic E-state index is 12.2. The predicted octanol–water partition coefficient (Wildman–Crippen LogP) is 2.12. The molecule has 1 saturated heterocycles. The average molecular weight is 294 g/mol. The molecule has 2 rings (SSSR count). The topological polar surface area (TPSA) is 58.6 Å². The lowest BCUT2D eigenvalue weighted by molar-refractivity contribution is -0.140. The third-order valence-corrected chi connectivity index (χ3v) is 4.28. The summed E-state index contributed by atoms with van der Waals surface area (Å²) in [4.78, 5) is 25.3. The zero-order valence-electron chi connectivity index (χ0n) is 11.6. The van der Waals surface area contributed by atoms with Gasteiger partial charge in [-0.05, 0) is 19.1 Å². The van der Waals surface area contributed by atoms with Gasteiger partial charge in [-0.3, -0.25) is 4.79 Å². The molecule has 0 aromatic heterocycles. The van der Waals surface area contributed by atoms with Gasteiger partial charge < -0.3 is 15.0 Å². The molecule has 0 aliphatic carbocycles. The van der Waals surface area contributed by atoms with Crippen LogP contribution < -0.4 is 5.32 Å². The van der Waals surface area contributed by atoms with Crippen LogP contribution in [0.2, 0.25) is 0 Å². The Kier molecular flexibility index (Phi) is 4.89. The average Bonchev–Trinajstić information content (AvgIpc) is 2.49. The van der Waals surface area contributed by atoms with Crippen molar-refractivity contribution in [2.24, 2.45) is 0 Å². The minimum atomic E-state index is -0.294. The van der Waals surface area contributed by atoms with Crippen LogP contribution in [0.25, 0.3) is 0 Å². The first-order chi connectivity index (χ1) is 9.60. The number of ether oxygens (including phenoxy) is 1. The number of hydrogen-bond acceptors (Lipinski definition) is 4. The van der Waals surface area contributed by atoms with Crippen LogP contribution in [0, 0.1) is 6.92 Å². The van der Waals surface area contributed by atoms with Crippen LogP contribution in [0.5, 0.6) is 0 Å². The second kappa shape index (κ2) is 6.65. The zero-order valence-corrected chi connectivity index (χ0v) is 12.4. The third kappa shape index (κ3) is 3.66. The number of thioether (sulfide) groups is 1. The van der Waals surface area contributed by atoms with E-state index in [-0.39, 0.29) is 17.3 Å². The number of methoxy groups -OCH3 is 1. The molecule has 108 valence electrons. The first-order valence-electron chi connectivity index (χ1n) is 6.42. The molecule has 1 N–H and O–H groups in total. The van der Waals surface area contributed by atoms with E-state index in [9.17, 15) is 9.59 Å². The second-order valence-corrected chi connectivity index (χ2v) is 5.94. The fraction of sp³-hybridized carbons (Fsp3) is 0.429. The van der Waals surface area contributed by atoms with Crippen LogP contribution in [-0.2, 0) is 9.53 Å². The first-order valence-corrected chi connectivity index (χ1v) is 7.47. The SMILES string of the molecule is COC(=O)[C@@H]1CN(C(=O)Nc2ccc(C)cc2)CCS1. The Morgan fingerprint density at radius 2 is 2.05 bits per heavy atom. The van der Waals surface area contributed by atoms with Gasteiger partial charge in [-0.15, -0.1) is 11.8 Å². The van der Waals surface area contributed by atoms with Crippen LogP contribution in [0.1, 0.15) is 5.56 Å². The largest absolute Gasteiger partial charge is 0.468 e. The van der Waals surface area contributed by atoms with E-state index in [1.165, 1.54) is 18.9 Å². The molecule has 0 spiro atoms. The minimum Gasteiger partial charge on any atom is -0.468 e. The summed E-state index contributed by atoms with van der Waals surface area (Å²) in [5.41, 5.74) is 1.90. The summed E-state index contributed by atoms with van der Waals surface area (Å²) < 4.78 is 4.73. The molecule has 1 atom stereocenters. The molecule has 0 saturated carbocycles. The number of urea groups is 1. The van der Waals surface area contributed by atoms with Crippen LogP contribution in [0.15, 0.2) is 24.3 Å². The van der Waals surface area contributed by atoms with E-state index in [1.54, 1.807) is 4.90 Å². The molecule has 1 fully saturated rings. The number of aryl methyl sites for hydroxylation is 1. The Labute approximate surface area is 122 Å². The molecule has 0 unspecified atom stereocenters. The zero-order chi connectivity index (χ0) is 14.5. The van der Waals surface area contributed by atoms with Gasteiger partial charge in [0.15, 0.2) is 0 Å². The maximum Gasteiger partial charge on any atom is 0.321 e. The molecule has 1 aromatic carbocycles. The highest BCUT2D eigenvalue weighted by atomic mass is 32.2. The number of anilines is 1. The normalized spacial score (nSPS) is 18.5. The number of carbonyl (C=O) groups is 2. The number of carbonyl (C=O) groups excluding carboxylic acids is 2. The Morgan fingerprint density at radius 3 is 2.70 bits per heavy atom. The van der Waals surface area contributed by atoms with Crippen LogP contribution >= 0.6 is 11.8 Å². The van der Waals surface area contributed by atoms with E-state index in [1.807, 2.05) is 31.2 Å². The summed E-state index contributed by atoms with van der Waals surface area (Å²) in [5.74, 6) is 0.462. The van der Waals surface area contributed by atoms with Crippen molar-refractivity contribution in [2.75, 3.05) is 31.3 Å². The Bertz CT molecular complexity index is 490. The van der Waals surface area contributed by atoms with E-state index in [4.69, 9.17) is 4.74 Å². The fourth-order valence-electron chi connectivity index (χ4n) is 1.95. The highest BCUT2D eigenvalue weighted by Gasteiger charge is 2.29. The van der Waals surface area contributed by atoms with Gasteiger partial charge in [0.2, 0.25) is 0 Å². The standard InChI is InChI=1S/C14H18N2O3S/c1-10-3-5-11(6-4-10)15-14(18)16-7-8-20-12(9-16)13(17)19-2/h3-6,12H,7-9H2,1-2H3,(H,15,18)/t12-/m0/s1.